The molecular formula is C19H21F3N2O2. The van der Waals surface area contributed by atoms with Gasteiger partial charge >= 0.3 is 6.18 Å². The predicted octanol–water partition coefficient (Wildman–Crippen LogP) is 4.21. The first-order chi connectivity index (χ1) is 12.1. The van der Waals surface area contributed by atoms with Gasteiger partial charge in [0.25, 0.3) is 0 Å². The van der Waals surface area contributed by atoms with Gasteiger partial charge in [0.1, 0.15) is 5.75 Å². The summed E-state index contributed by atoms with van der Waals surface area (Å²) in [5.74, 6) is 0.126. The highest BCUT2D eigenvalue weighted by Crippen LogP contribution is 2.43. The van der Waals surface area contributed by atoms with Gasteiger partial charge in [0.15, 0.2) is 6.04 Å². The number of hydrogen-bond acceptors (Lipinski definition) is 3. The standard InChI is InChI=1S/C19H21F3N2O2/c1-4-26-15-10-6-7-12-13(15)8-5-9-14(12)16(19(20,21)22)24-11-18(2,3)17(25)23-24/h5-10,16H,4,11H2,1-3H3,(H,23,25). The average molecular weight is 366 g/mol. The van der Waals surface area contributed by atoms with Crippen molar-refractivity contribution < 1.29 is 22.7 Å². The van der Waals surface area contributed by atoms with Gasteiger partial charge in [-0.25, -0.2) is 5.01 Å². The number of nitrogens with one attached hydrogen (secondary N) is 1. The Morgan fingerprint density at radius 1 is 1.19 bits per heavy atom. The Balaban J connectivity index is 2.14. The minimum absolute atomic E-state index is 0.0302. The van der Waals surface area contributed by atoms with Gasteiger partial charge < -0.3 is 4.74 Å². The number of hydrazine groups is 1. The molecule has 7 heteroatoms. The van der Waals surface area contributed by atoms with E-state index in [-0.39, 0.29) is 12.1 Å². The lowest BCUT2D eigenvalue weighted by molar-refractivity contribution is -0.191. The molecule has 1 amide bonds. The number of ether oxygens (including phenoxy) is 1. The van der Waals surface area contributed by atoms with Crippen molar-refractivity contribution in [2.75, 3.05) is 13.2 Å². The van der Waals surface area contributed by atoms with Crippen LogP contribution < -0.4 is 10.2 Å². The molecule has 1 saturated heterocycles. The van der Waals surface area contributed by atoms with E-state index < -0.39 is 23.5 Å². The van der Waals surface area contributed by atoms with Crippen LogP contribution >= 0.6 is 0 Å². The van der Waals surface area contributed by atoms with Gasteiger partial charge in [-0.05, 0) is 37.8 Å². The van der Waals surface area contributed by atoms with Gasteiger partial charge in [-0.3, -0.25) is 10.2 Å². The molecule has 1 N–H and O–H groups in total. The van der Waals surface area contributed by atoms with E-state index in [9.17, 15) is 18.0 Å². The zero-order valence-corrected chi connectivity index (χ0v) is 14.9. The molecule has 2 aromatic carbocycles. The van der Waals surface area contributed by atoms with E-state index in [2.05, 4.69) is 5.43 Å². The Morgan fingerprint density at radius 2 is 1.85 bits per heavy atom. The number of nitrogens with zero attached hydrogens (tertiary/aromatic N) is 1. The molecule has 4 nitrogen and oxygen atoms in total. The molecule has 0 aromatic heterocycles. The van der Waals surface area contributed by atoms with Crippen LogP contribution in [0.1, 0.15) is 32.4 Å². The number of hydrogen-bond donors (Lipinski definition) is 1. The lowest BCUT2D eigenvalue weighted by Gasteiger charge is -2.30. The maximum atomic E-state index is 14.0. The summed E-state index contributed by atoms with van der Waals surface area (Å²) in [6.45, 7) is 5.47. The van der Waals surface area contributed by atoms with Gasteiger partial charge in [0.05, 0.1) is 12.0 Å². The Bertz CT molecular complexity index is 833. The summed E-state index contributed by atoms with van der Waals surface area (Å²) in [4.78, 5) is 12.0. The molecule has 0 radical (unpaired) electrons. The average Bonchev–Trinajstić information content (AvgIpc) is 2.80. The molecule has 1 unspecified atom stereocenters. The van der Waals surface area contributed by atoms with Crippen LogP contribution in [0.4, 0.5) is 13.2 Å². The van der Waals surface area contributed by atoms with E-state index in [1.165, 1.54) is 6.07 Å². The van der Waals surface area contributed by atoms with Gasteiger partial charge in [-0.1, -0.05) is 30.3 Å². The first-order valence-corrected chi connectivity index (χ1v) is 8.44. The van der Waals surface area contributed by atoms with E-state index in [4.69, 9.17) is 4.74 Å². The lowest BCUT2D eigenvalue weighted by Crippen LogP contribution is -2.43. The van der Waals surface area contributed by atoms with Gasteiger partial charge in [0.2, 0.25) is 5.91 Å². The highest BCUT2D eigenvalue weighted by atomic mass is 19.4. The van der Waals surface area contributed by atoms with Crippen molar-refractivity contribution in [2.45, 2.75) is 33.0 Å². The summed E-state index contributed by atoms with van der Waals surface area (Å²) < 4.78 is 47.5. The summed E-state index contributed by atoms with van der Waals surface area (Å²) in [5, 5.41) is 2.07. The van der Waals surface area contributed by atoms with Crippen LogP contribution in [-0.2, 0) is 4.79 Å². The molecule has 1 aliphatic rings. The smallest absolute Gasteiger partial charge is 0.409 e. The largest absolute Gasteiger partial charge is 0.493 e. The van der Waals surface area contributed by atoms with E-state index in [1.54, 1.807) is 44.2 Å². The molecule has 1 aliphatic heterocycles. The summed E-state index contributed by atoms with van der Waals surface area (Å²) in [6.07, 6.45) is -4.55. The van der Waals surface area contributed by atoms with Crippen LogP contribution in [0.3, 0.4) is 0 Å². The Morgan fingerprint density at radius 3 is 2.42 bits per heavy atom. The summed E-state index contributed by atoms with van der Waals surface area (Å²) in [7, 11) is 0. The zero-order chi connectivity index (χ0) is 19.1. The summed E-state index contributed by atoms with van der Waals surface area (Å²) >= 11 is 0. The highest BCUT2D eigenvalue weighted by molar-refractivity contribution is 5.91. The summed E-state index contributed by atoms with van der Waals surface area (Å²) in [5.41, 5.74) is 1.60. The number of amides is 1. The highest BCUT2D eigenvalue weighted by Gasteiger charge is 2.51. The quantitative estimate of drug-likeness (QED) is 0.881. The normalized spacial score (nSPS) is 18.8. The van der Waals surface area contributed by atoms with E-state index >= 15 is 0 Å². The van der Waals surface area contributed by atoms with Crippen LogP contribution in [0.2, 0.25) is 0 Å². The first kappa shape index (κ1) is 18.5. The number of rotatable bonds is 4. The number of carbonyl (C=O) groups excluding carboxylic acids is 1. The molecular weight excluding hydrogens is 345 g/mol. The maximum absolute atomic E-state index is 14.0. The van der Waals surface area contributed by atoms with Gasteiger partial charge in [0, 0.05) is 11.9 Å². The van der Waals surface area contributed by atoms with Crippen molar-refractivity contribution in [2.24, 2.45) is 5.41 Å². The van der Waals surface area contributed by atoms with Crippen molar-refractivity contribution in [1.29, 1.82) is 0 Å². The van der Waals surface area contributed by atoms with Crippen LogP contribution in [0.25, 0.3) is 10.8 Å². The predicted molar refractivity (Wildman–Crippen MR) is 92.5 cm³/mol. The van der Waals surface area contributed by atoms with E-state index in [0.29, 0.717) is 23.1 Å². The van der Waals surface area contributed by atoms with Crippen molar-refractivity contribution in [3.8, 4) is 5.75 Å². The van der Waals surface area contributed by atoms with E-state index in [0.717, 1.165) is 5.01 Å². The zero-order valence-electron chi connectivity index (χ0n) is 14.9. The number of benzene rings is 2. The van der Waals surface area contributed by atoms with Crippen molar-refractivity contribution in [1.82, 2.24) is 10.4 Å². The van der Waals surface area contributed by atoms with Crippen molar-refractivity contribution in [3.63, 3.8) is 0 Å². The van der Waals surface area contributed by atoms with Crippen molar-refractivity contribution in [3.05, 3.63) is 42.0 Å². The second-order valence-electron chi connectivity index (χ2n) is 7.03. The maximum Gasteiger partial charge on any atom is 0.409 e. The number of carbonyl (C=O) groups is 1. The molecule has 140 valence electrons. The minimum Gasteiger partial charge on any atom is -0.493 e. The molecule has 2 aromatic rings. The fraction of sp³-hybridized carbons (Fsp3) is 0.421. The van der Waals surface area contributed by atoms with Crippen LogP contribution in [-0.4, -0.2) is 30.2 Å². The SMILES string of the molecule is CCOc1cccc2c(C(N3CC(C)(C)C(=O)N3)C(F)(F)F)cccc12. The Hall–Kier alpha value is -2.28. The number of fused-ring (bicyclic) bond motifs is 1. The molecule has 0 saturated carbocycles. The fourth-order valence-electron chi connectivity index (χ4n) is 3.32. The summed E-state index contributed by atoms with van der Waals surface area (Å²) in [6, 6.07) is 7.90. The van der Waals surface area contributed by atoms with Crippen LogP contribution in [0.15, 0.2) is 36.4 Å². The molecule has 3 rings (SSSR count). The topological polar surface area (TPSA) is 41.6 Å². The Labute approximate surface area is 149 Å². The third-order valence-electron chi connectivity index (χ3n) is 4.56. The number of alkyl halides is 3. The molecule has 1 fully saturated rings. The minimum atomic E-state index is -4.55. The number of halogens is 3. The van der Waals surface area contributed by atoms with Gasteiger partial charge in [-0.2, -0.15) is 13.2 Å². The second-order valence-corrected chi connectivity index (χ2v) is 7.03. The van der Waals surface area contributed by atoms with Crippen LogP contribution in [0.5, 0.6) is 5.75 Å². The molecule has 1 atom stereocenters. The molecule has 1 heterocycles. The second kappa shape index (κ2) is 6.46. The molecule has 0 bridgehead atoms. The lowest BCUT2D eigenvalue weighted by atomic mass is 9.93. The molecule has 0 spiro atoms. The molecule has 26 heavy (non-hydrogen) atoms. The third-order valence-corrected chi connectivity index (χ3v) is 4.56. The third kappa shape index (κ3) is 3.23. The van der Waals surface area contributed by atoms with Crippen molar-refractivity contribution >= 4 is 16.7 Å². The van der Waals surface area contributed by atoms with Gasteiger partial charge in [-0.15, -0.1) is 0 Å². The monoisotopic (exact) mass is 366 g/mol. The Kier molecular flexibility index (Phi) is 4.60. The van der Waals surface area contributed by atoms with E-state index in [1.807, 2.05) is 6.92 Å². The first-order valence-electron chi connectivity index (χ1n) is 8.44. The van der Waals surface area contributed by atoms with Crippen LogP contribution in [0, 0.1) is 5.41 Å². The molecule has 0 aliphatic carbocycles. The fourth-order valence-corrected chi connectivity index (χ4v) is 3.32.